The summed E-state index contributed by atoms with van der Waals surface area (Å²) in [7, 11) is 0. The van der Waals surface area contributed by atoms with Crippen LogP contribution in [0.1, 0.15) is 55.2 Å². The van der Waals surface area contributed by atoms with Crippen molar-refractivity contribution in [2.75, 3.05) is 6.61 Å². The second kappa shape index (κ2) is 5.68. The maximum absolute atomic E-state index is 13.2. The van der Waals surface area contributed by atoms with Crippen molar-refractivity contribution in [3.63, 3.8) is 0 Å². The molecule has 2 heterocycles. The van der Waals surface area contributed by atoms with Gasteiger partial charge in [0.15, 0.2) is 0 Å². The molecule has 3 atom stereocenters. The molecule has 136 valence electrons. The predicted molar refractivity (Wildman–Crippen MR) is 98.4 cm³/mol. The molecule has 3 aliphatic rings. The third-order valence-corrected chi connectivity index (χ3v) is 6.34. The molecule has 26 heavy (non-hydrogen) atoms. The normalized spacial score (nSPS) is 29.1. The number of para-hydroxylation sites is 1. The lowest BCUT2D eigenvalue weighted by Crippen LogP contribution is -2.66. The average Bonchev–Trinajstić information content (AvgIpc) is 3.23. The Kier molecular flexibility index (Phi) is 3.51. The Bertz CT molecular complexity index is 838. The molecule has 3 fully saturated rings. The van der Waals surface area contributed by atoms with Crippen LogP contribution in [0.25, 0.3) is 5.69 Å². The van der Waals surface area contributed by atoms with Gasteiger partial charge in [0.05, 0.1) is 17.5 Å². The lowest BCUT2D eigenvalue weighted by molar-refractivity contribution is -0.108. The van der Waals surface area contributed by atoms with E-state index in [0.717, 1.165) is 24.4 Å². The molecule has 0 spiro atoms. The third-order valence-electron chi connectivity index (χ3n) is 6.34. The smallest absolute Gasteiger partial charge is 0.270 e. The van der Waals surface area contributed by atoms with Crippen LogP contribution in [-0.4, -0.2) is 34.4 Å². The van der Waals surface area contributed by atoms with Crippen molar-refractivity contribution in [1.82, 2.24) is 15.1 Å². The fraction of sp³-hybridized carbons (Fsp3) is 0.524. The zero-order chi connectivity index (χ0) is 17.9. The minimum atomic E-state index is -0.0309. The standard InChI is InChI=1S/C21H25N3O2/c1-21(2)18(15-10-11-26-19(15)21)22-20(25)17-12-16(13-8-9-13)23-24(17)14-6-4-3-5-7-14/h3-7,12-13,15,18-19H,8-11H2,1-2H3,(H,22,25). The van der Waals surface area contributed by atoms with Gasteiger partial charge in [0.1, 0.15) is 5.69 Å². The van der Waals surface area contributed by atoms with Crippen molar-refractivity contribution in [3.8, 4) is 5.69 Å². The van der Waals surface area contributed by atoms with Gasteiger partial charge in [-0.25, -0.2) is 4.68 Å². The number of rotatable bonds is 4. The fourth-order valence-electron chi connectivity index (χ4n) is 4.74. The molecule has 2 aromatic rings. The van der Waals surface area contributed by atoms with E-state index in [1.165, 1.54) is 12.8 Å². The Morgan fingerprint density at radius 1 is 1.23 bits per heavy atom. The van der Waals surface area contributed by atoms with Gasteiger partial charge in [-0.15, -0.1) is 0 Å². The second-order valence-corrected chi connectivity index (χ2v) is 8.49. The van der Waals surface area contributed by atoms with Gasteiger partial charge in [-0.2, -0.15) is 5.10 Å². The van der Waals surface area contributed by atoms with Gasteiger partial charge in [0.2, 0.25) is 0 Å². The van der Waals surface area contributed by atoms with E-state index in [1.807, 2.05) is 36.4 Å². The van der Waals surface area contributed by atoms with E-state index in [1.54, 1.807) is 4.68 Å². The van der Waals surface area contributed by atoms with Crippen LogP contribution in [0.5, 0.6) is 0 Å². The summed E-state index contributed by atoms with van der Waals surface area (Å²) in [5, 5.41) is 8.05. The number of fused-ring (bicyclic) bond motifs is 1. The maximum Gasteiger partial charge on any atom is 0.270 e. The first-order valence-electron chi connectivity index (χ1n) is 9.63. The van der Waals surface area contributed by atoms with Gasteiger partial charge >= 0.3 is 0 Å². The summed E-state index contributed by atoms with van der Waals surface area (Å²) < 4.78 is 7.66. The molecule has 2 saturated carbocycles. The van der Waals surface area contributed by atoms with Crippen molar-refractivity contribution in [1.29, 1.82) is 0 Å². The largest absolute Gasteiger partial charge is 0.377 e. The molecule has 0 radical (unpaired) electrons. The molecule has 1 aliphatic heterocycles. The van der Waals surface area contributed by atoms with E-state index in [0.29, 0.717) is 17.5 Å². The van der Waals surface area contributed by atoms with E-state index >= 15 is 0 Å². The molecule has 3 unspecified atom stereocenters. The zero-order valence-corrected chi connectivity index (χ0v) is 15.3. The second-order valence-electron chi connectivity index (χ2n) is 8.49. The van der Waals surface area contributed by atoms with Crippen molar-refractivity contribution in [2.24, 2.45) is 11.3 Å². The molecule has 1 N–H and O–H groups in total. The number of hydrogen-bond donors (Lipinski definition) is 1. The number of nitrogens with one attached hydrogen (secondary N) is 1. The fourth-order valence-corrected chi connectivity index (χ4v) is 4.74. The molecule has 1 aromatic carbocycles. The van der Waals surface area contributed by atoms with E-state index in [2.05, 4.69) is 19.2 Å². The first kappa shape index (κ1) is 16.1. The highest BCUT2D eigenvalue weighted by molar-refractivity contribution is 5.93. The van der Waals surface area contributed by atoms with Crippen LogP contribution < -0.4 is 5.32 Å². The molecule has 2 aliphatic carbocycles. The number of carbonyl (C=O) groups is 1. The Labute approximate surface area is 153 Å². The first-order chi connectivity index (χ1) is 12.6. The van der Waals surface area contributed by atoms with E-state index < -0.39 is 0 Å². The minimum Gasteiger partial charge on any atom is -0.377 e. The van der Waals surface area contributed by atoms with Crippen LogP contribution >= 0.6 is 0 Å². The van der Waals surface area contributed by atoms with Gasteiger partial charge in [0, 0.05) is 29.9 Å². The van der Waals surface area contributed by atoms with Crippen molar-refractivity contribution >= 4 is 5.91 Å². The van der Waals surface area contributed by atoms with Crippen LogP contribution in [-0.2, 0) is 4.74 Å². The van der Waals surface area contributed by atoms with Gasteiger partial charge < -0.3 is 10.1 Å². The summed E-state index contributed by atoms with van der Waals surface area (Å²) in [5.41, 5.74) is 2.58. The topological polar surface area (TPSA) is 56.2 Å². The van der Waals surface area contributed by atoms with E-state index in [9.17, 15) is 4.79 Å². The summed E-state index contributed by atoms with van der Waals surface area (Å²) >= 11 is 0. The Morgan fingerprint density at radius 3 is 2.73 bits per heavy atom. The number of aromatic nitrogens is 2. The SMILES string of the molecule is CC1(C)C(NC(=O)c2cc(C3CC3)nn2-c2ccccc2)C2CCOC21. The number of nitrogens with zero attached hydrogens (tertiary/aromatic N) is 2. The molecular weight excluding hydrogens is 326 g/mol. The maximum atomic E-state index is 13.2. The minimum absolute atomic E-state index is 0.0201. The Morgan fingerprint density at radius 2 is 2.00 bits per heavy atom. The van der Waals surface area contributed by atoms with E-state index in [-0.39, 0.29) is 23.5 Å². The Hall–Kier alpha value is -2.14. The highest BCUT2D eigenvalue weighted by atomic mass is 16.5. The van der Waals surface area contributed by atoms with Crippen LogP contribution in [0.4, 0.5) is 0 Å². The van der Waals surface area contributed by atoms with Crippen LogP contribution in [0, 0.1) is 11.3 Å². The van der Waals surface area contributed by atoms with E-state index in [4.69, 9.17) is 9.84 Å². The van der Waals surface area contributed by atoms with Crippen LogP contribution in [0.15, 0.2) is 36.4 Å². The molecule has 1 saturated heterocycles. The first-order valence-corrected chi connectivity index (χ1v) is 9.63. The summed E-state index contributed by atoms with van der Waals surface area (Å²) in [5.74, 6) is 0.917. The molecule has 1 amide bonds. The number of carbonyl (C=O) groups excluding carboxylic acids is 1. The molecule has 5 nitrogen and oxygen atoms in total. The van der Waals surface area contributed by atoms with Crippen LogP contribution in [0.3, 0.4) is 0 Å². The third kappa shape index (κ3) is 2.41. The molecule has 1 aromatic heterocycles. The number of hydrogen-bond acceptors (Lipinski definition) is 3. The van der Waals surface area contributed by atoms with Crippen molar-refractivity contribution in [3.05, 3.63) is 47.8 Å². The van der Waals surface area contributed by atoms with Crippen molar-refractivity contribution in [2.45, 2.75) is 51.2 Å². The summed E-state index contributed by atoms with van der Waals surface area (Å²) in [6.07, 6.45) is 3.64. The van der Waals surface area contributed by atoms with Gasteiger partial charge in [-0.3, -0.25) is 4.79 Å². The van der Waals surface area contributed by atoms with Gasteiger partial charge in [-0.1, -0.05) is 32.0 Å². The summed E-state index contributed by atoms with van der Waals surface area (Å²) in [6.45, 7) is 5.18. The number of ether oxygens (including phenoxy) is 1. The Balaban J connectivity index is 1.45. The summed E-state index contributed by atoms with van der Waals surface area (Å²) in [4.78, 5) is 13.2. The van der Waals surface area contributed by atoms with Gasteiger partial charge in [-0.05, 0) is 37.5 Å². The van der Waals surface area contributed by atoms with Crippen molar-refractivity contribution < 1.29 is 9.53 Å². The average molecular weight is 351 g/mol. The van der Waals surface area contributed by atoms with Gasteiger partial charge in [0.25, 0.3) is 5.91 Å². The zero-order valence-electron chi connectivity index (χ0n) is 15.3. The quantitative estimate of drug-likeness (QED) is 0.920. The molecular formula is C21H25N3O2. The molecule has 5 heteroatoms. The lowest BCUT2D eigenvalue weighted by Gasteiger charge is -2.54. The predicted octanol–water partition coefficient (Wildman–Crippen LogP) is 3.29. The monoisotopic (exact) mass is 351 g/mol. The summed E-state index contributed by atoms with van der Waals surface area (Å²) in [6, 6.07) is 12.1. The number of benzene rings is 1. The highest BCUT2D eigenvalue weighted by Gasteiger charge is 2.59. The van der Waals surface area contributed by atoms with Crippen LogP contribution in [0.2, 0.25) is 0 Å². The number of amides is 1. The lowest BCUT2D eigenvalue weighted by atomic mass is 9.57. The molecule has 5 rings (SSSR count). The highest BCUT2D eigenvalue weighted by Crippen LogP contribution is 2.52. The molecule has 0 bridgehead atoms.